The van der Waals surface area contributed by atoms with Crippen molar-refractivity contribution in [2.75, 3.05) is 37.8 Å². The van der Waals surface area contributed by atoms with Gasteiger partial charge in [-0.05, 0) is 61.8 Å². The molecule has 34 heavy (non-hydrogen) atoms. The standard InChI is InChI=1S/C22H26Cl4N4O3S/c1-34(32,33)29-18-5-7-30(13-18)6-4-15(14-2-3-20(25)21(26)8-14)12-27-22(31)28-19-10-16(23)9-17(24)11-19/h2-3,8-11,15,18,29H,4-7,12-13H2,1H3,(H2,27,28,31). The quantitative estimate of drug-likeness (QED) is 0.387. The van der Waals surface area contributed by atoms with Crippen LogP contribution in [0.4, 0.5) is 10.5 Å². The lowest BCUT2D eigenvalue weighted by molar-refractivity contribution is 0.250. The molecule has 12 heteroatoms. The molecule has 0 saturated carbocycles. The highest BCUT2D eigenvalue weighted by atomic mass is 35.5. The predicted octanol–water partition coefficient (Wildman–Crippen LogP) is 5.22. The van der Waals surface area contributed by atoms with Crippen molar-refractivity contribution in [1.29, 1.82) is 0 Å². The summed E-state index contributed by atoms with van der Waals surface area (Å²) in [5, 5.41) is 7.38. The number of amides is 2. The summed E-state index contributed by atoms with van der Waals surface area (Å²) in [6.07, 6.45) is 2.66. The molecule has 0 aliphatic carbocycles. The topological polar surface area (TPSA) is 90.5 Å². The van der Waals surface area contributed by atoms with Gasteiger partial charge in [-0.1, -0.05) is 52.5 Å². The molecule has 0 spiro atoms. The van der Waals surface area contributed by atoms with E-state index < -0.39 is 10.0 Å². The van der Waals surface area contributed by atoms with Crippen LogP contribution in [0.25, 0.3) is 0 Å². The van der Waals surface area contributed by atoms with Gasteiger partial charge in [-0.15, -0.1) is 0 Å². The average Bonchev–Trinajstić information content (AvgIpc) is 3.15. The number of carbonyl (C=O) groups is 1. The highest BCUT2D eigenvalue weighted by Crippen LogP contribution is 2.29. The molecule has 2 atom stereocenters. The Labute approximate surface area is 220 Å². The summed E-state index contributed by atoms with van der Waals surface area (Å²) < 4.78 is 25.7. The molecule has 0 aromatic heterocycles. The van der Waals surface area contributed by atoms with Gasteiger partial charge in [0, 0.05) is 40.8 Å². The lowest BCUT2D eigenvalue weighted by Gasteiger charge is -2.23. The van der Waals surface area contributed by atoms with Crippen molar-refractivity contribution in [2.24, 2.45) is 0 Å². The van der Waals surface area contributed by atoms with Crippen LogP contribution < -0.4 is 15.4 Å². The number of urea groups is 1. The molecule has 186 valence electrons. The summed E-state index contributed by atoms with van der Waals surface area (Å²) >= 11 is 24.3. The van der Waals surface area contributed by atoms with Crippen LogP contribution >= 0.6 is 46.4 Å². The molecule has 1 aliphatic heterocycles. The summed E-state index contributed by atoms with van der Waals surface area (Å²) in [6, 6.07) is 9.77. The van der Waals surface area contributed by atoms with Gasteiger partial charge in [0.2, 0.25) is 10.0 Å². The van der Waals surface area contributed by atoms with Gasteiger partial charge in [0.15, 0.2) is 0 Å². The Morgan fingerprint density at radius 1 is 1.09 bits per heavy atom. The SMILES string of the molecule is CS(=O)(=O)NC1CCN(CCC(CNC(=O)Nc2cc(Cl)cc(Cl)c2)c2ccc(Cl)c(Cl)c2)C1. The molecule has 3 rings (SSSR count). The molecule has 1 fully saturated rings. The maximum atomic E-state index is 12.5. The second-order valence-corrected chi connectivity index (χ2v) is 11.8. The number of hydrogen-bond donors (Lipinski definition) is 3. The van der Waals surface area contributed by atoms with Crippen LogP contribution in [0.15, 0.2) is 36.4 Å². The molecule has 1 aliphatic rings. The maximum absolute atomic E-state index is 12.5. The first kappa shape index (κ1) is 27.3. The van der Waals surface area contributed by atoms with Crippen LogP contribution in [0.3, 0.4) is 0 Å². The van der Waals surface area contributed by atoms with E-state index in [9.17, 15) is 13.2 Å². The number of sulfonamides is 1. The number of carbonyl (C=O) groups excluding carboxylic acids is 1. The highest BCUT2D eigenvalue weighted by molar-refractivity contribution is 7.88. The lowest BCUT2D eigenvalue weighted by atomic mass is 9.95. The normalized spacial score (nSPS) is 17.5. The molecule has 2 amide bonds. The maximum Gasteiger partial charge on any atom is 0.319 e. The van der Waals surface area contributed by atoms with E-state index in [1.807, 2.05) is 12.1 Å². The van der Waals surface area contributed by atoms with Gasteiger partial charge in [-0.2, -0.15) is 0 Å². The minimum atomic E-state index is -3.24. The summed E-state index contributed by atoms with van der Waals surface area (Å²) in [4.78, 5) is 14.7. The Morgan fingerprint density at radius 2 is 1.79 bits per heavy atom. The smallest absolute Gasteiger partial charge is 0.319 e. The number of likely N-dealkylation sites (tertiary alicyclic amines) is 1. The van der Waals surface area contributed by atoms with Crippen LogP contribution in [0.5, 0.6) is 0 Å². The van der Waals surface area contributed by atoms with E-state index in [1.165, 1.54) is 6.26 Å². The Hall–Kier alpha value is -1.26. The third kappa shape index (κ3) is 8.75. The van der Waals surface area contributed by atoms with E-state index in [-0.39, 0.29) is 18.0 Å². The number of rotatable bonds is 9. The van der Waals surface area contributed by atoms with Gasteiger partial charge in [0.1, 0.15) is 0 Å². The van der Waals surface area contributed by atoms with Gasteiger partial charge in [0.05, 0.1) is 16.3 Å². The summed E-state index contributed by atoms with van der Waals surface area (Å²) in [5.41, 5.74) is 1.44. The van der Waals surface area contributed by atoms with E-state index in [4.69, 9.17) is 46.4 Å². The highest BCUT2D eigenvalue weighted by Gasteiger charge is 2.25. The third-order valence-corrected chi connectivity index (χ3v) is 7.43. The van der Waals surface area contributed by atoms with Crippen molar-refractivity contribution in [3.8, 4) is 0 Å². The van der Waals surface area contributed by atoms with Gasteiger partial charge in [0.25, 0.3) is 0 Å². The zero-order valence-electron chi connectivity index (χ0n) is 18.5. The summed E-state index contributed by atoms with van der Waals surface area (Å²) in [5.74, 6) is -0.0367. The van der Waals surface area contributed by atoms with Crippen LogP contribution in [-0.2, 0) is 10.0 Å². The van der Waals surface area contributed by atoms with Crippen LogP contribution in [0, 0.1) is 0 Å². The molecule has 0 radical (unpaired) electrons. The average molecular weight is 568 g/mol. The fourth-order valence-corrected chi connectivity index (χ4v) is 5.57. The van der Waals surface area contributed by atoms with Crippen molar-refractivity contribution < 1.29 is 13.2 Å². The minimum absolute atomic E-state index is 0.0367. The lowest BCUT2D eigenvalue weighted by Crippen LogP contribution is -2.37. The first-order valence-electron chi connectivity index (χ1n) is 10.6. The Bertz CT molecular complexity index is 1110. The molecular weight excluding hydrogens is 542 g/mol. The number of hydrogen-bond acceptors (Lipinski definition) is 4. The van der Waals surface area contributed by atoms with E-state index in [2.05, 4.69) is 20.3 Å². The van der Waals surface area contributed by atoms with Crippen molar-refractivity contribution >= 4 is 68.1 Å². The van der Waals surface area contributed by atoms with E-state index in [0.29, 0.717) is 38.9 Å². The fraction of sp³-hybridized carbons (Fsp3) is 0.409. The summed E-state index contributed by atoms with van der Waals surface area (Å²) in [7, 11) is -3.24. The largest absolute Gasteiger partial charge is 0.337 e. The molecule has 3 N–H and O–H groups in total. The fourth-order valence-electron chi connectivity index (χ4n) is 3.94. The second-order valence-electron chi connectivity index (χ2n) is 8.33. The molecule has 1 saturated heterocycles. The van der Waals surface area contributed by atoms with Crippen molar-refractivity contribution in [3.05, 3.63) is 62.1 Å². The molecule has 7 nitrogen and oxygen atoms in total. The Balaban J connectivity index is 1.62. The van der Waals surface area contributed by atoms with Crippen LogP contribution in [0.2, 0.25) is 20.1 Å². The number of nitrogens with zero attached hydrogens (tertiary/aromatic N) is 1. The molecule has 2 aromatic rings. The van der Waals surface area contributed by atoms with Crippen LogP contribution in [-0.4, -0.2) is 57.8 Å². The van der Waals surface area contributed by atoms with Gasteiger partial charge >= 0.3 is 6.03 Å². The van der Waals surface area contributed by atoms with Crippen molar-refractivity contribution in [3.63, 3.8) is 0 Å². The van der Waals surface area contributed by atoms with Gasteiger partial charge in [-0.25, -0.2) is 17.9 Å². The Morgan fingerprint density at radius 3 is 2.44 bits per heavy atom. The van der Waals surface area contributed by atoms with Crippen LogP contribution in [0.1, 0.15) is 24.3 Å². The number of benzene rings is 2. The predicted molar refractivity (Wildman–Crippen MR) is 140 cm³/mol. The minimum Gasteiger partial charge on any atom is -0.337 e. The van der Waals surface area contributed by atoms with Gasteiger partial charge in [-0.3, -0.25) is 0 Å². The third-order valence-electron chi connectivity index (χ3n) is 5.49. The molecule has 2 unspecified atom stereocenters. The molecule has 0 bridgehead atoms. The molecule has 2 aromatic carbocycles. The summed E-state index contributed by atoms with van der Waals surface area (Å²) in [6.45, 7) is 2.53. The Kier molecular flexibility index (Phi) is 9.74. The number of nitrogens with one attached hydrogen (secondary N) is 3. The number of anilines is 1. The zero-order chi connectivity index (χ0) is 24.9. The van der Waals surface area contributed by atoms with E-state index >= 15 is 0 Å². The van der Waals surface area contributed by atoms with Crippen molar-refractivity contribution in [2.45, 2.75) is 24.8 Å². The number of halogens is 4. The van der Waals surface area contributed by atoms with E-state index in [1.54, 1.807) is 24.3 Å². The molecular formula is C22H26Cl4N4O3S. The van der Waals surface area contributed by atoms with E-state index in [0.717, 1.165) is 31.5 Å². The zero-order valence-corrected chi connectivity index (χ0v) is 22.3. The first-order chi connectivity index (χ1) is 16.0. The van der Waals surface area contributed by atoms with Gasteiger partial charge < -0.3 is 15.5 Å². The monoisotopic (exact) mass is 566 g/mol. The first-order valence-corrected chi connectivity index (χ1v) is 14.0. The molecule has 1 heterocycles. The second kappa shape index (κ2) is 12.1. The van der Waals surface area contributed by atoms with Crippen molar-refractivity contribution in [1.82, 2.24) is 14.9 Å².